The van der Waals surface area contributed by atoms with Crippen LogP contribution in [0.25, 0.3) is 17.4 Å². The smallest absolute Gasteiger partial charge is 0.273 e. The summed E-state index contributed by atoms with van der Waals surface area (Å²) in [6.07, 6.45) is 6.35. The number of aliphatic hydroxyl groups is 1. The number of amides is 1. The Labute approximate surface area is 276 Å². The number of rotatable bonds is 9. The van der Waals surface area contributed by atoms with Gasteiger partial charge in [0.15, 0.2) is 17.4 Å². The zero-order chi connectivity index (χ0) is 33.5. The minimum atomic E-state index is -4.31. The highest BCUT2D eigenvalue weighted by Crippen LogP contribution is 2.42. The van der Waals surface area contributed by atoms with Crippen LogP contribution in [0.3, 0.4) is 0 Å². The summed E-state index contributed by atoms with van der Waals surface area (Å²) in [5.41, 5.74) is -0.103. The number of nitrogens with zero attached hydrogens (tertiary/aromatic N) is 2. The molecule has 13 heteroatoms. The molecule has 0 radical (unpaired) electrons. The molecular formula is C34H35ClF2N4O5S. The van der Waals surface area contributed by atoms with Crippen molar-refractivity contribution in [1.82, 2.24) is 14.4 Å². The number of allylic oxidation sites excluding steroid dienone is 1. The van der Waals surface area contributed by atoms with Gasteiger partial charge in [0.2, 0.25) is 10.0 Å². The Hall–Kier alpha value is -3.84. The first kappa shape index (κ1) is 33.1. The topological polar surface area (TPSA) is 126 Å². The number of aromatic nitrogens is 2. The van der Waals surface area contributed by atoms with E-state index in [-0.39, 0.29) is 45.2 Å². The molecule has 1 saturated carbocycles. The molecule has 9 nitrogen and oxygen atoms in total. The fourth-order valence-corrected chi connectivity index (χ4v) is 8.92. The number of halogens is 3. The second-order valence-electron chi connectivity index (χ2n) is 12.5. The third kappa shape index (κ3) is 6.64. The normalized spacial score (nSPS) is 20.9. The lowest BCUT2D eigenvalue weighted by molar-refractivity contribution is 0.0200. The second-order valence-corrected chi connectivity index (χ2v) is 14.6. The van der Waals surface area contributed by atoms with Gasteiger partial charge in [-0.2, -0.15) is 0 Å². The zero-order valence-electron chi connectivity index (χ0n) is 25.8. The average molecular weight is 685 g/mol. The fraction of sp³-hybridized carbons (Fsp3) is 0.353. The van der Waals surface area contributed by atoms with Gasteiger partial charge < -0.3 is 19.5 Å². The summed E-state index contributed by atoms with van der Waals surface area (Å²) in [7, 11) is -4.31. The highest BCUT2D eigenvalue weighted by atomic mass is 35.5. The summed E-state index contributed by atoms with van der Waals surface area (Å²) in [6.45, 7) is 3.90. The van der Waals surface area contributed by atoms with Crippen molar-refractivity contribution in [3.8, 4) is 11.3 Å². The van der Waals surface area contributed by atoms with Crippen LogP contribution in [0, 0.1) is 23.5 Å². The molecule has 3 N–H and O–H groups in total. The molecule has 1 amide bonds. The van der Waals surface area contributed by atoms with Gasteiger partial charge in [-0.15, -0.1) is 0 Å². The Morgan fingerprint density at radius 2 is 1.91 bits per heavy atom. The molecule has 1 aliphatic heterocycles. The van der Waals surface area contributed by atoms with Crippen LogP contribution < -0.4 is 10.0 Å². The van der Waals surface area contributed by atoms with E-state index in [4.69, 9.17) is 16.1 Å². The first-order valence-electron chi connectivity index (χ1n) is 15.5. The van der Waals surface area contributed by atoms with E-state index in [0.29, 0.717) is 37.3 Å². The third-order valence-electron chi connectivity index (χ3n) is 9.07. The van der Waals surface area contributed by atoms with Gasteiger partial charge in [0, 0.05) is 36.0 Å². The number of sulfonamides is 1. The number of nitrogens with one attached hydrogen (secondary N) is 2. The molecule has 1 fully saturated rings. The maximum Gasteiger partial charge on any atom is 0.273 e. The van der Waals surface area contributed by atoms with Crippen LogP contribution in [-0.4, -0.2) is 35.2 Å². The number of anilines is 1. The second kappa shape index (κ2) is 13.0. The molecule has 2 aromatic carbocycles. The summed E-state index contributed by atoms with van der Waals surface area (Å²) in [5, 5.41) is 17.9. The maximum absolute atomic E-state index is 14.2. The van der Waals surface area contributed by atoms with Crippen molar-refractivity contribution < 1.29 is 31.6 Å². The Morgan fingerprint density at radius 3 is 2.66 bits per heavy atom. The molecule has 4 atom stereocenters. The van der Waals surface area contributed by atoms with Crippen molar-refractivity contribution in [2.75, 3.05) is 5.32 Å². The summed E-state index contributed by atoms with van der Waals surface area (Å²) in [4.78, 5) is 13.2. The molecular weight excluding hydrogens is 650 g/mol. The molecule has 0 bridgehead atoms. The van der Waals surface area contributed by atoms with Crippen LogP contribution in [0.15, 0.2) is 70.1 Å². The van der Waals surface area contributed by atoms with Crippen LogP contribution in [0.4, 0.5) is 14.5 Å². The molecule has 47 heavy (non-hydrogen) atoms. The predicted octanol–water partition coefficient (Wildman–Crippen LogP) is 7.12. The molecule has 0 spiro atoms. The molecule has 248 valence electrons. The average Bonchev–Trinajstić information content (AvgIpc) is 3.67. The van der Waals surface area contributed by atoms with E-state index in [1.807, 2.05) is 43.3 Å². The Bertz CT molecular complexity index is 1940. The quantitative estimate of drug-likeness (QED) is 0.172. The van der Waals surface area contributed by atoms with E-state index in [1.54, 1.807) is 23.6 Å². The van der Waals surface area contributed by atoms with Crippen LogP contribution in [0.5, 0.6) is 0 Å². The lowest BCUT2D eigenvalue weighted by atomic mass is 9.85. The van der Waals surface area contributed by atoms with Crippen molar-refractivity contribution in [2.45, 2.75) is 69.0 Å². The summed E-state index contributed by atoms with van der Waals surface area (Å²) in [6, 6.07) is 13.5. The van der Waals surface area contributed by atoms with Gasteiger partial charge in [0.25, 0.3) is 5.91 Å². The van der Waals surface area contributed by atoms with Crippen LogP contribution >= 0.6 is 11.6 Å². The highest BCUT2D eigenvalue weighted by Gasteiger charge is 2.43. The van der Waals surface area contributed by atoms with E-state index in [0.717, 1.165) is 24.1 Å². The largest absolute Gasteiger partial charge is 0.384 e. The van der Waals surface area contributed by atoms with Gasteiger partial charge in [-0.1, -0.05) is 60.1 Å². The zero-order valence-corrected chi connectivity index (χ0v) is 27.4. The number of hydrogen-bond acceptors (Lipinski definition) is 6. The number of carbonyl (C=O) groups is 1. The number of carbonyl (C=O) groups excluding carboxylic acids is 1. The van der Waals surface area contributed by atoms with Crippen LogP contribution in [0.2, 0.25) is 5.02 Å². The van der Waals surface area contributed by atoms with Gasteiger partial charge >= 0.3 is 0 Å². The highest BCUT2D eigenvalue weighted by molar-refractivity contribution is 7.89. The third-order valence-corrected chi connectivity index (χ3v) is 11.1. The standard InChI is InChI=1S/C34H35ClF2N4O5S/c1-20-12-13-22(19-34(2,43)28-18-27(46-39-28)21-9-5-3-6-10-21)30(20)40-47(44,45)32-26-11-7-4-8-16-41(26)31(29(32)35)33(42)38-23-14-15-24(36)25(37)17-23/h3,5-7,9-11,14-15,17-18,20,22,30,40,43H,4,8,12-13,16,19H2,1-2H3,(H,38,42). The van der Waals surface area contributed by atoms with Crippen molar-refractivity contribution >= 4 is 39.3 Å². The Balaban J connectivity index is 1.28. The maximum atomic E-state index is 14.2. The molecule has 2 aromatic heterocycles. The molecule has 0 saturated heterocycles. The molecule has 2 aliphatic rings. The number of hydrogen-bond donors (Lipinski definition) is 3. The molecule has 3 heterocycles. The Morgan fingerprint density at radius 1 is 1.15 bits per heavy atom. The van der Waals surface area contributed by atoms with Gasteiger partial charge in [-0.25, -0.2) is 21.9 Å². The van der Waals surface area contributed by atoms with E-state index < -0.39 is 39.2 Å². The fourth-order valence-electron chi connectivity index (χ4n) is 6.65. The van der Waals surface area contributed by atoms with Gasteiger partial charge in [0.1, 0.15) is 21.9 Å². The van der Waals surface area contributed by atoms with E-state index in [9.17, 15) is 27.1 Å². The SMILES string of the molecule is CC1CCC(CC(C)(O)c2cc(-c3ccccc3)on2)C1NS(=O)(=O)c1c(Cl)c(C(=O)Nc2ccc(F)c(F)c2)n2c1C=CCCC2. The lowest BCUT2D eigenvalue weighted by Crippen LogP contribution is -2.43. The molecule has 4 unspecified atom stereocenters. The van der Waals surface area contributed by atoms with Crippen LogP contribution in [0.1, 0.15) is 67.8 Å². The molecule has 4 aromatic rings. The van der Waals surface area contributed by atoms with Gasteiger partial charge in [0.05, 0.1) is 10.7 Å². The van der Waals surface area contributed by atoms with E-state index in [2.05, 4.69) is 15.2 Å². The van der Waals surface area contributed by atoms with Crippen molar-refractivity contribution in [2.24, 2.45) is 11.8 Å². The van der Waals surface area contributed by atoms with E-state index in [1.165, 1.54) is 6.07 Å². The van der Waals surface area contributed by atoms with Crippen LogP contribution in [-0.2, 0) is 22.2 Å². The minimum Gasteiger partial charge on any atom is -0.384 e. The number of benzene rings is 2. The number of fused-ring (bicyclic) bond motifs is 1. The molecule has 6 rings (SSSR count). The summed E-state index contributed by atoms with van der Waals surface area (Å²) < 4.78 is 65.7. The molecule has 1 aliphatic carbocycles. The Kier molecular flexibility index (Phi) is 9.14. The van der Waals surface area contributed by atoms with Gasteiger partial charge in [-0.05, 0) is 69.1 Å². The van der Waals surface area contributed by atoms with Gasteiger partial charge in [-0.3, -0.25) is 4.79 Å². The van der Waals surface area contributed by atoms with Crippen molar-refractivity contribution in [1.29, 1.82) is 0 Å². The summed E-state index contributed by atoms with van der Waals surface area (Å²) >= 11 is 6.75. The first-order valence-corrected chi connectivity index (χ1v) is 17.3. The van der Waals surface area contributed by atoms with Crippen molar-refractivity contribution in [3.05, 3.63) is 94.4 Å². The van der Waals surface area contributed by atoms with E-state index >= 15 is 0 Å². The first-order chi connectivity index (χ1) is 22.4. The lowest BCUT2D eigenvalue weighted by Gasteiger charge is -2.30. The predicted molar refractivity (Wildman–Crippen MR) is 174 cm³/mol. The monoisotopic (exact) mass is 684 g/mol. The minimum absolute atomic E-state index is 0.00936. The van der Waals surface area contributed by atoms with Crippen molar-refractivity contribution in [3.63, 3.8) is 0 Å². The summed E-state index contributed by atoms with van der Waals surface area (Å²) in [5.74, 6) is -2.77.